The van der Waals surface area contributed by atoms with E-state index in [9.17, 15) is 35.1 Å². The maximum Gasteiger partial charge on any atom is 0.423 e. The van der Waals surface area contributed by atoms with Gasteiger partial charge in [0.15, 0.2) is 0 Å². The lowest BCUT2D eigenvalue weighted by atomic mass is 10.1. The highest BCUT2D eigenvalue weighted by molar-refractivity contribution is 4.83. The quantitative estimate of drug-likeness (QED) is 0.223. The molecule has 0 aromatic heterocycles. The van der Waals surface area contributed by atoms with E-state index >= 15 is 0 Å². The van der Waals surface area contributed by atoms with E-state index in [1.807, 2.05) is 0 Å². The van der Waals surface area contributed by atoms with E-state index in [1.165, 1.54) is 0 Å². The zero-order valence-electron chi connectivity index (χ0n) is 14.5. The van der Waals surface area contributed by atoms with Crippen molar-refractivity contribution < 1.29 is 39.9 Å². The van der Waals surface area contributed by atoms with E-state index in [4.69, 9.17) is 0 Å². The first-order chi connectivity index (χ1) is 11.3. The van der Waals surface area contributed by atoms with Crippen LogP contribution in [0.5, 0.6) is 0 Å². The third-order valence-corrected chi connectivity index (χ3v) is 3.80. The van der Waals surface area contributed by atoms with E-state index in [1.54, 1.807) is 13.8 Å². The van der Waals surface area contributed by atoms with Gasteiger partial charge in [0, 0.05) is 12.8 Å². The van der Waals surface area contributed by atoms with Gasteiger partial charge in [0.25, 0.3) is 0 Å². The highest BCUT2D eigenvalue weighted by Gasteiger charge is 2.68. The molecule has 0 atom stereocenters. The molecule has 0 unspecified atom stereocenters. The normalized spacial score (nSPS) is 14.2. The summed E-state index contributed by atoms with van der Waals surface area (Å²) in [5.41, 5.74) is 0. The number of halogens is 8. The molecule has 0 radical (unpaired) electrons. The molecule has 25 heavy (non-hydrogen) atoms. The van der Waals surface area contributed by atoms with E-state index in [0.717, 1.165) is 0 Å². The molecule has 0 aromatic rings. The predicted molar refractivity (Wildman–Crippen MR) is 78.4 cm³/mol. The third kappa shape index (κ3) is 7.66. The third-order valence-electron chi connectivity index (χ3n) is 3.80. The molecule has 9 heteroatoms. The number of alkyl halides is 8. The molecule has 0 saturated carbocycles. The number of rotatable bonds is 14. The summed E-state index contributed by atoms with van der Waals surface area (Å²) in [7, 11) is 0. The van der Waals surface area contributed by atoms with Crippen LogP contribution in [0.1, 0.15) is 78.1 Å². The largest absolute Gasteiger partial charge is 0.423 e. The van der Waals surface area contributed by atoms with Crippen LogP contribution < -0.4 is 0 Å². The monoisotopic (exact) mass is 386 g/mol. The van der Waals surface area contributed by atoms with Crippen molar-refractivity contribution in [3.05, 3.63) is 0 Å². The molecule has 0 saturated heterocycles. The van der Waals surface area contributed by atoms with Crippen LogP contribution in [0.15, 0.2) is 0 Å². The Balaban J connectivity index is 4.84. The average Bonchev–Trinajstić information content (AvgIpc) is 2.47. The molecule has 0 bridgehead atoms. The van der Waals surface area contributed by atoms with Crippen LogP contribution in [-0.4, -0.2) is 24.1 Å². The molecule has 0 fully saturated rings. The Hall–Kier alpha value is -0.600. The van der Waals surface area contributed by atoms with Crippen LogP contribution in [0.2, 0.25) is 0 Å². The van der Waals surface area contributed by atoms with Gasteiger partial charge >= 0.3 is 24.1 Å². The van der Waals surface area contributed by atoms with Gasteiger partial charge in [0.05, 0.1) is 0 Å². The molecule has 0 N–H and O–H groups in total. The Labute approximate surface area is 143 Å². The van der Waals surface area contributed by atoms with Crippen LogP contribution in [0.3, 0.4) is 0 Å². The Bertz CT molecular complexity index is 337. The molecule has 0 aliphatic carbocycles. The van der Waals surface area contributed by atoms with Crippen molar-refractivity contribution in [1.29, 1.82) is 0 Å². The van der Waals surface area contributed by atoms with E-state index < -0.39 is 36.9 Å². The minimum Gasteiger partial charge on any atom is -0.246 e. The summed E-state index contributed by atoms with van der Waals surface area (Å²) < 4.78 is 110. The van der Waals surface area contributed by atoms with Gasteiger partial charge in [-0.2, -0.15) is 35.1 Å². The molecular weight excluding hydrogens is 360 g/mol. The molecule has 0 aromatic carbocycles. The maximum atomic E-state index is 13.4. The van der Waals surface area contributed by atoms with E-state index in [-0.39, 0.29) is 25.7 Å². The Morgan fingerprint density at radius 1 is 0.520 bits per heavy atom. The first kappa shape index (κ1) is 24.4. The topological polar surface area (TPSA) is 9.23 Å². The molecule has 1 nitrogen and oxygen atoms in total. The Morgan fingerprint density at radius 3 is 1.12 bits per heavy atom. The summed E-state index contributed by atoms with van der Waals surface area (Å²) >= 11 is 0. The molecule has 0 spiro atoms. The average molecular weight is 386 g/mol. The summed E-state index contributed by atoms with van der Waals surface area (Å²) in [6.45, 7) is 3.53. The first-order valence-electron chi connectivity index (χ1n) is 8.54. The van der Waals surface area contributed by atoms with Crippen molar-refractivity contribution in [1.82, 2.24) is 0 Å². The summed E-state index contributed by atoms with van der Waals surface area (Å²) in [6.07, 6.45) is -12.2. The molecule has 152 valence electrons. The molecular formula is C16H26F8O. The van der Waals surface area contributed by atoms with E-state index in [0.29, 0.717) is 25.7 Å². The van der Waals surface area contributed by atoms with Gasteiger partial charge in [-0.15, -0.1) is 0 Å². The number of hydrogen-bond acceptors (Lipinski definition) is 1. The second-order valence-corrected chi connectivity index (χ2v) is 6.17. The summed E-state index contributed by atoms with van der Waals surface area (Å²) in [6, 6.07) is 0. The van der Waals surface area contributed by atoms with Crippen molar-refractivity contribution >= 4 is 0 Å². The predicted octanol–water partition coefficient (Wildman–Crippen LogP) is 7.40. The molecule has 0 aliphatic heterocycles. The summed E-state index contributed by atoms with van der Waals surface area (Å²) in [4.78, 5) is 0. The fraction of sp³-hybridized carbons (Fsp3) is 1.00. The van der Waals surface area contributed by atoms with Crippen LogP contribution in [-0.2, 0) is 4.74 Å². The number of ether oxygens (including phenoxy) is 1. The number of hydrogen-bond donors (Lipinski definition) is 0. The lowest BCUT2D eigenvalue weighted by Gasteiger charge is -2.33. The molecule has 0 rings (SSSR count). The van der Waals surface area contributed by atoms with Gasteiger partial charge in [0.2, 0.25) is 0 Å². The molecule has 0 amide bonds. The fourth-order valence-corrected chi connectivity index (χ4v) is 2.15. The maximum absolute atomic E-state index is 13.4. The lowest BCUT2D eigenvalue weighted by molar-refractivity contribution is -0.468. The summed E-state index contributed by atoms with van der Waals surface area (Å²) in [5.74, 6) is -9.91. The second kappa shape index (κ2) is 9.92. The summed E-state index contributed by atoms with van der Waals surface area (Å²) in [5, 5.41) is 0. The van der Waals surface area contributed by atoms with Gasteiger partial charge in [0.1, 0.15) is 0 Å². The SMILES string of the molecule is CCCCCCC(F)(F)C(F)(F)OC(F)(F)C(F)(F)CCCCCC. The Morgan fingerprint density at radius 2 is 0.840 bits per heavy atom. The highest BCUT2D eigenvalue weighted by Crippen LogP contribution is 2.48. The van der Waals surface area contributed by atoms with Gasteiger partial charge in [-0.05, 0) is 12.8 Å². The number of unbranched alkanes of at least 4 members (excludes halogenated alkanes) is 6. The van der Waals surface area contributed by atoms with E-state index in [2.05, 4.69) is 4.74 Å². The van der Waals surface area contributed by atoms with Gasteiger partial charge in [-0.25, -0.2) is 4.74 Å². The zero-order chi connectivity index (χ0) is 19.8. The first-order valence-corrected chi connectivity index (χ1v) is 8.54. The molecule has 0 heterocycles. The minimum absolute atomic E-state index is 0.201. The van der Waals surface area contributed by atoms with Crippen molar-refractivity contribution in [2.24, 2.45) is 0 Å². The van der Waals surface area contributed by atoms with Gasteiger partial charge in [-0.3, -0.25) is 0 Å². The fourth-order valence-electron chi connectivity index (χ4n) is 2.15. The van der Waals surface area contributed by atoms with Crippen LogP contribution in [0, 0.1) is 0 Å². The van der Waals surface area contributed by atoms with Crippen molar-refractivity contribution in [3.63, 3.8) is 0 Å². The van der Waals surface area contributed by atoms with Gasteiger partial charge < -0.3 is 0 Å². The second-order valence-electron chi connectivity index (χ2n) is 6.17. The van der Waals surface area contributed by atoms with Crippen LogP contribution in [0.25, 0.3) is 0 Å². The van der Waals surface area contributed by atoms with Crippen molar-refractivity contribution in [3.8, 4) is 0 Å². The van der Waals surface area contributed by atoms with Gasteiger partial charge in [-0.1, -0.05) is 52.4 Å². The highest BCUT2D eigenvalue weighted by atomic mass is 19.3. The van der Waals surface area contributed by atoms with Crippen LogP contribution in [0.4, 0.5) is 35.1 Å². The standard InChI is InChI=1S/C16H26F8O/c1-3-5-7-9-11-13(17,18)15(21,22)25-16(23,24)14(19,20)12-10-8-6-4-2/h3-12H2,1-2H3. The zero-order valence-corrected chi connectivity index (χ0v) is 14.5. The van der Waals surface area contributed by atoms with Crippen LogP contribution >= 0.6 is 0 Å². The lowest BCUT2D eigenvalue weighted by Crippen LogP contribution is -2.53. The van der Waals surface area contributed by atoms with Crippen molar-refractivity contribution in [2.75, 3.05) is 0 Å². The Kier molecular flexibility index (Phi) is 9.68. The minimum atomic E-state index is -5.68. The molecule has 0 aliphatic rings. The van der Waals surface area contributed by atoms with Crippen molar-refractivity contribution in [2.45, 2.75) is 102 Å². The smallest absolute Gasteiger partial charge is 0.246 e.